The van der Waals surface area contributed by atoms with Gasteiger partial charge in [0.15, 0.2) is 0 Å². The van der Waals surface area contributed by atoms with Crippen LogP contribution in [-0.2, 0) is 0 Å². The molecule has 0 radical (unpaired) electrons. The summed E-state index contributed by atoms with van der Waals surface area (Å²) in [5.41, 5.74) is 0. The average molecular weight is 194 g/mol. The van der Waals surface area contributed by atoms with Crippen LogP contribution in [0.4, 0.5) is 17.6 Å². The molecule has 0 spiro atoms. The SMILES string of the molecule is Cl.FC1CN[C@@H](C(F)(F)F)C1. The van der Waals surface area contributed by atoms with E-state index in [0.29, 0.717) is 0 Å². The van der Waals surface area contributed by atoms with Crippen LogP contribution >= 0.6 is 12.4 Å². The van der Waals surface area contributed by atoms with Gasteiger partial charge in [0.1, 0.15) is 12.2 Å². The van der Waals surface area contributed by atoms with Gasteiger partial charge in [-0.3, -0.25) is 0 Å². The summed E-state index contributed by atoms with van der Waals surface area (Å²) in [6.07, 6.45) is -6.07. The van der Waals surface area contributed by atoms with Crippen LogP contribution in [-0.4, -0.2) is 24.9 Å². The first-order valence-corrected chi connectivity index (χ1v) is 2.94. The Balaban J connectivity index is 0.000001000. The lowest BCUT2D eigenvalue weighted by molar-refractivity contribution is -0.152. The molecule has 0 aromatic carbocycles. The Bertz CT molecular complexity index is 126. The third kappa shape index (κ3) is 2.83. The fourth-order valence-electron chi connectivity index (χ4n) is 0.942. The summed E-state index contributed by atoms with van der Waals surface area (Å²) >= 11 is 0. The van der Waals surface area contributed by atoms with Crippen LogP contribution < -0.4 is 5.32 Å². The third-order valence-electron chi connectivity index (χ3n) is 1.47. The van der Waals surface area contributed by atoms with Gasteiger partial charge in [-0.05, 0) is 0 Å². The maximum Gasteiger partial charge on any atom is 0.403 e. The van der Waals surface area contributed by atoms with Gasteiger partial charge in [-0.25, -0.2) is 4.39 Å². The Morgan fingerprint density at radius 3 is 2.00 bits per heavy atom. The molecule has 0 aliphatic carbocycles. The number of nitrogens with one attached hydrogen (secondary N) is 1. The molecule has 68 valence electrons. The molecule has 11 heavy (non-hydrogen) atoms. The summed E-state index contributed by atoms with van der Waals surface area (Å²) in [7, 11) is 0. The minimum Gasteiger partial charge on any atom is -0.303 e. The first-order valence-electron chi connectivity index (χ1n) is 2.94. The van der Waals surface area contributed by atoms with Crippen LogP contribution in [0.15, 0.2) is 0 Å². The van der Waals surface area contributed by atoms with Gasteiger partial charge in [0.05, 0.1) is 0 Å². The highest BCUT2D eigenvalue weighted by atomic mass is 35.5. The smallest absolute Gasteiger partial charge is 0.303 e. The zero-order valence-electron chi connectivity index (χ0n) is 5.49. The van der Waals surface area contributed by atoms with Crippen LogP contribution in [0.2, 0.25) is 0 Å². The van der Waals surface area contributed by atoms with Crippen molar-refractivity contribution >= 4 is 12.4 Å². The highest BCUT2D eigenvalue weighted by Crippen LogP contribution is 2.27. The molecule has 1 saturated heterocycles. The number of halogens is 5. The Kier molecular flexibility index (Phi) is 3.57. The number of hydrogen-bond donors (Lipinski definition) is 1. The highest BCUT2D eigenvalue weighted by Gasteiger charge is 2.44. The van der Waals surface area contributed by atoms with Crippen molar-refractivity contribution in [1.82, 2.24) is 5.32 Å². The molecule has 1 N–H and O–H groups in total. The largest absolute Gasteiger partial charge is 0.403 e. The Hall–Kier alpha value is -0.0300. The molecular formula is C5H8ClF4N. The lowest BCUT2D eigenvalue weighted by Crippen LogP contribution is -2.36. The lowest BCUT2D eigenvalue weighted by Gasteiger charge is -2.13. The number of rotatable bonds is 0. The van der Waals surface area contributed by atoms with E-state index >= 15 is 0 Å². The third-order valence-corrected chi connectivity index (χ3v) is 1.47. The van der Waals surface area contributed by atoms with Crippen molar-refractivity contribution in [2.75, 3.05) is 6.54 Å². The predicted molar refractivity (Wildman–Crippen MR) is 34.6 cm³/mol. The second-order valence-electron chi connectivity index (χ2n) is 2.34. The van der Waals surface area contributed by atoms with Crippen molar-refractivity contribution in [3.8, 4) is 0 Å². The van der Waals surface area contributed by atoms with E-state index in [1.54, 1.807) is 0 Å². The molecule has 0 amide bonds. The Morgan fingerprint density at radius 1 is 1.27 bits per heavy atom. The van der Waals surface area contributed by atoms with Crippen LogP contribution in [0.5, 0.6) is 0 Å². The minimum atomic E-state index is -4.29. The monoisotopic (exact) mass is 193 g/mol. The predicted octanol–water partition coefficient (Wildman–Crippen LogP) is 1.67. The number of hydrogen-bond acceptors (Lipinski definition) is 1. The standard InChI is InChI=1S/C5H7F4N.ClH/c6-3-1-4(10-2-3)5(7,8)9;/h3-4,10H,1-2H2;1H/t3?,4-;/m1./s1. The maximum atomic E-state index is 12.1. The van der Waals surface area contributed by atoms with E-state index in [2.05, 4.69) is 0 Å². The summed E-state index contributed by atoms with van der Waals surface area (Å²) in [6.45, 7) is -0.176. The van der Waals surface area contributed by atoms with Gasteiger partial charge >= 0.3 is 6.18 Å². The molecule has 1 heterocycles. The van der Waals surface area contributed by atoms with E-state index in [-0.39, 0.29) is 19.0 Å². The number of alkyl halides is 4. The van der Waals surface area contributed by atoms with Crippen molar-refractivity contribution in [1.29, 1.82) is 0 Å². The zero-order valence-corrected chi connectivity index (χ0v) is 6.31. The van der Waals surface area contributed by atoms with E-state index in [9.17, 15) is 17.6 Å². The fourth-order valence-corrected chi connectivity index (χ4v) is 0.942. The zero-order chi connectivity index (χ0) is 7.78. The summed E-state index contributed by atoms with van der Waals surface area (Å²) in [4.78, 5) is 0. The minimum absolute atomic E-state index is 0. The van der Waals surface area contributed by atoms with Crippen LogP contribution in [0.1, 0.15) is 6.42 Å². The molecule has 1 aliphatic heterocycles. The average Bonchev–Trinajstić information content (AvgIpc) is 2.11. The van der Waals surface area contributed by atoms with Crippen molar-refractivity contribution in [3.63, 3.8) is 0 Å². The van der Waals surface area contributed by atoms with Gasteiger partial charge in [0.25, 0.3) is 0 Å². The van der Waals surface area contributed by atoms with Crippen molar-refractivity contribution in [2.45, 2.75) is 24.8 Å². The molecule has 1 aliphatic rings. The Labute approximate surface area is 67.6 Å². The molecule has 0 saturated carbocycles. The summed E-state index contributed by atoms with van der Waals surface area (Å²) in [5.74, 6) is 0. The van der Waals surface area contributed by atoms with E-state index in [4.69, 9.17) is 0 Å². The quantitative estimate of drug-likeness (QED) is 0.577. The first-order chi connectivity index (χ1) is 4.50. The van der Waals surface area contributed by atoms with Gasteiger partial charge in [0, 0.05) is 13.0 Å². The van der Waals surface area contributed by atoms with Crippen molar-refractivity contribution in [3.05, 3.63) is 0 Å². The van der Waals surface area contributed by atoms with Crippen molar-refractivity contribution < 1.29 is 17.6 Å². The van der Waals surface area contributed by atoms with Gasteiger partial charge < -0.3 is 5.32 Å². The summed E-state index contributed by atoms with van der Waals surface area (Å²) < 4.78 is 47.3. The van der Waals surface area contributed by atoms with E-state index in [1.165, 1.54) is 0 Å². The van der Waals surface area contributed by atoms with E-state index in [1.807, 2.05) is 5.32 Å². The Morgan fingerprint density at radius 2 is 1.82 bits per heavy atom. The molecular weight excluding hydrogens is 186 g/mol. The van der Waals surface area contributed by atoms with Crippen LogP contribution in [0.25, 0.3) is 0 Å². The van der Waals surface area contributed by atoms with Gasteiger partial charge in [-0.1, -0.05) is 0 Å². The summed E-state index contributed by atoms with van der Waals surface area (Å²) in [5, 5.41) is 2.05. The van der Waals surface area contributed by atoms with Gasteiger partial charge in [-0.2, -0.15) is 13.2 Å². The molecule has 0 aromatic heterocycles. The highest BCUT2D eigenvalue weighted by molar-refractivity contribution is 5.85. The molecule has 0 bridgehead atoms. The van der Waals surface area contributed by atoms with Crippen molar-refractivity contribution in [2.24, 2.45) is 0 Å². The summed E-state index contributed by atoms with van der Waals surface area (Å²) in [6, 6.07) is -1.64. The molecule has 1 unspecified atom stereocenters. The second-order valence-corrected chi connectivity index (χ2v) is 2.34. The van der Waals surface area contributed by atoms with E-state index < -0.39 is 24.8 Å². The van der Waals surface area contributed by atoms with Crippen LogP contribution in [0, 0.1) is 0 Å². The molecule has 0 aromatic rings. The fraction of sp³-hybridized carbons (Fsp3) is 1.00. The van der Waals surface area contributed by atoms with Gasteiger partial charge in [0.2, 0.25) is 0 Å². The van der Waals surface area contributed by atoms with E-state index in [0.717, 1.165) is 0 Å². The first kappa shape index (κ1) is 11.0. The maximum absolute atomic E-state index is 12.1. The van der Waals surface area contributed by atoms with Crippen LogP contribution in [0.3, 0.4) is 0 Å². The topological polar surface area (TPSA) is 12.0 Å². The molecule has 6 heteroatoms. The van der Waals surface area contributed by atoms with Gasteiger partial charge in [-0.15, -0.1) is 12.4 Å². The molecule has 1 fully saturated rings. The molecule has 1 nitrogen and oxygen atoms in total. The molecule has 1 rings (SSSR count). The molecule has 2 atom stereocenters. The lowest BCUT2D eigenvalue weighted by atomic mass is 10.2. The normalized spacial score (nSPS) is 31.6. The second kappa shape index (κ2) is 3.58.